The number of carbonyl (C=O) groups is 2. The average Bonchev–Trinajstić information content (AvgIpc) is 2.75. The number of hydrogen-bond donors (Lipinski definition) is 0. The van der Waals surface area contributed by atoms with E-state index in [0.717, 1.165) is 22.1 Å². The highest BCUT2D eigenvalue weighted by atomic mass is 16.5. The quantitative estimate of drug-likeness (QED) is 0.468. The topological polar surface area (TPSA) is 55.8 Å². The van der Waals surface area contributed by atoms with Gasteiger partial charge in [-0.3, -0.25) is 4.79 Å². The standard InChI is InChI=1S/C24H23NO4/c1-25(2)24(27)23(18-7-5-4-6-8-18)29-22(26)14-10-17-9-11-20-16-21(28-3)13-12-19(20)15-17/h4-16,23H,1-3H3/b14-10+. The van der Waals surface area contributed by atoms with Crippen LogP contribution in [0.3, 0.4) is 0 Å². The first-order valence-electron chi connectivity index (χ1n) is 9.20. The number of amides is 1. The zero-order valence-corrected chi connectivity index (χ0v) is 16.7. The van der Waals surface area contributed by atoms with Gasteiger partial charge in [0.05, 0.1) is 7.11 Å². The maximum atomic E-state index is 12.5. The minimum atomic E-state index is -0.979. The number of fused-ring (bicyclic) bond motifs is 1. The monoisotopic (exact) mass is 389 g/mol. The molecular weight excluding hydrogens is 366 g/mol. The van der Waals surface area contributed by atoms with Crippen molar-refractivity contribution in [2.24, 2.45) is 0 Å². The lowest BCUT2D eigenvalue weighted by atomic mass is 10.1. The fourth-order valence-electron chi connectivity index (χ4n) is 2.92. The van der Waals surface area contributed by atoms with E-state index in [1.807, 2.05) is 42.5 Å². The molecule has 148 valence electrons. The van der Waals surface area contributed by atoms with Crippen molar-refractivity contribution in [1.82, 2.24) is 4.90 Å². The maximum Gasteiger partial charge on any atom is 0.331 e. The third-order valence-corrected chi connectivity index (χ3v) is 4.48. The molecule has 0 radical (unpaired) electrons. The van der Waals surface area contributed by atoms with Gasteiger partial charge in [-0.1, -0.05) is 48.5 Å². The Morgan fingerprint density at radius 1 is 0.931 bits per heavy atom. The SMILES string of the molecule is COc1ccc2cc(/C=C/C(=O)OC(C(=O)N(C)C)c3ccccc3)ccc2c1. The Morgan fingerprint density at radius 2 is 1.62 bits per heavy atom. The van der Waals surface area contributed by atoms with Gasteiger partial charge in [-0.25, -0.2) is 4.79 Å². The minimum absolute atomic E-state index is 0.294. The van der Waals surface area contributed by atoms with Crippen LogP contribution in [0.15, 0.2) is 72.8 Å². The lowest BCUT2D eigenvalue weighted by molar-refractivity contribution is -0.155. The van der Waals surface area contributed by atoms with Crippen LogP contribution in [0.5, 0.6) is 5.75 Å². The first-order valence-corrected chi connectivity index (χ1v) is 9.20. The summed E-state index contributed by atoms with van der Waals surface area (Å²) in [7, 11) is 4.89. The van der Waals surface area contributed by atoms with Gasteiger partial charge in [-0.2, -0.15) is 0 Å². The fraction of sp³-hybridized carbons (Fsp3) is 0.167. The summed E-state index contributed by atoms with van der Waals surface area (Å²) in [6.07, 6.45) is 2.03. The lowest BCUT2D eigenvalue weighted by Crippen LogP contribution is -2.30. The predicted molar refractivity (Wildman–Crippen MR) is 114 cm³/mol. The summed E-state index contributed by atoms with van der Waals surface area (Å²) < 4.78 is 10.7. The van der Waals surface area contributed by atoms with Crippen LogP contribution in [0.1, 0.15) is 17.2 Å². The van der Waals surface area contributed by atoms with E-state index in [9.17, 15) is 9.59 Å². The van der Waals surface area contributed by atoms with Crippen LogP contribution in [-0.2, 0) is 14.3 Å². The van der Waals surface area contributed by atoms with E-state index in [4.69, 9.17) is 9.47 Å². The molecule has 5 heteroatoms. The second-order valence-corrected chi connectivity index (χ2v) is 6.77. The molecule has 0 spiro atoms. The van der Waals surface area contributed by atoms with Crippen LogP contribution in [0.25, 0.3) is 16.8 Å². The second kappa shape index (κ2) is 9.06. The normalized spacial score (nSPS) is 12.0. The maximum absolute atomic E-state index is 12.5. The van der Waals surface area contributed by atoms with Crippen molar-refractivity contribution in [2.45, 2.75) is 6.10 Å². The molecule has 29 heavy (non-hydrogen) atoms. The van der Waals surface area contributed by atoms with Crippen molar-refractivity contribution < 1.29 is 19.1 Å². The van der Waals surface area contributed by atoms with E-state index < -0.39 is 12.1 Å². The second-order valence-electron chi connectivity index (χ2n) is 6.77. The molecule has 1 atom stereocenters. The van der Waals surface area contributed by atoms with E-state index in [1.165, 1.54) is 11.0 Å². The minimum Gasteiger partial charge on any atom is -0.497 e. The van der Waals surface area contributed by atoms with Crippen LogP contribution in [-0.4, -0.2) is 38.0 Å². The molecule has 0 aliphatic rings. The van der Waals surface area contributed by atoms with Gasteiger partial charge in [0.15, 0.2) is 0 Å². The molecule has 3 rings (SSSR count). The molecule has 0 aliphatic heterocycles. The van der Waals surface area contributed by atoms with Gasteiger partial charge in [-0.15, -0.1) is 0 Å². The highest BCUT2D eigenvalue weighted by molar-refractivity contribution is 5.92. The molecule has 0 aromatic heterocycles. The number of carbonyl (C=O) groups excluding carboxylic acids is 2. The zero-order chi connectivity index (χ0) is 20.8. The number of hydrogen-bond acceptors (Lipinski definition) is 4. The number of esters is 1. The summed E-state index contributed by atoms with van der Waals surface area (Å²) in [5.74, 6) is -0.0802. The average molecular weight is 389 g/mol. The Hall–Kier alpha value is -3.60. The predicted octanol–water partition coefficient (Wildman–Crippen LogP) is 4.23. The van der Waals surface area contributed by atoms with Crippen molar-refractivity contribution in [3.05, 3.63) is 83.9 Å². The number of benzene rings is 3. The van der Waals surface area contributed by atoms with Crippen molar-refractivity contribution in [3.63, 3.8) is 0 Å². The highest BCUT2D eigenvalue weighted by Crippen LogP contribution is 2.23. The lowest BCUT2D eigenvalue weighted by Gasteiger charge is -2.20. The fourth-order valence-corrected chi connectivity index (χ4v) is 2.92. The number of methoxy groups -OCH3 is 1. The summed E-state index contributed by atoms with van der Waals surface area (Å²) >= 11 is 0. The van der Waals surface area contributed by atoms with Crippen molar-refractivity contribution >= 4 is 28.7 Å². The molecule has 1 amide bonds. The van der Waals surface area contributed by atoms with E-state index in [-0.39, 0.29) is 5.91 Å². The van der Waals surface area contributed by atoms with E-state index >= 15 is 0 Å². The third-order valence-electron chi connectivity index (χ3n) is 4.48. The summed E-state index contributed by atoms with van der Waals surface area (Å²) in [6.45, 7) is 0. The van der Waals surface area contributed by atoms with E-state index in [0.29, 0.717) is 5.56 Å². The first-order chi connectivity index (χ1) is 14.0. The van der Waals surface area contributed by atoms with Crippen LogP contribution in [0, 0.1) is 0 Å². The van der Waals surface area contributed by atoms with Gasteiger partial charge in [0.25, 0.3) is 5.91 Å². The largest absolute Gasteiger partial charge is 0.497 e. The van der Waals surface area contributed by atoms with Crippen molar-refractivity contribution in [3.8, 4) is 5.75 Å². The molecular formula is C24H23NO4. The van der Waals surface area contributed by atoms with Crippen LogP contribution < -0.4 is 4.74 Å². The Labute approximate surface area is 170 Å². The molecule has 0 saturated heterocycles. The molecule has 0 bridgehead atoms. The van der Waals surface area contributed by atoms with Crippen LogP contribution in [0.4, 0.5) is 0 Å². The zero-order valence-electron chi connectivity index (χ0n) is 16.7. The summed E-state index contributed by atoms with van der Waals surface area (Å²) in [5, 5.41) is 2.08. The van der Waals surface area contributed by atoms with Gasteiger partial charge < -0.3 is 14.4 Å². The summed E-state index contributed by atoms with van der Waals surface area (Å²) in [4.78, 5) is 26.3. The molecule has 0 fully saturated rings. The van der Waals surface area contributed by atoms with Gasteiger partial charge in [0, 0.05) is 25.7 Å². The van der Waals surface area contributed by atoms with E-state index in [1.54, 1.807) is 51.5 Å². The Balaban J connectivity index is 1.76. The molecule has 0 heterocycles. The van der Waals surface area contributed by atoms with Gasteiger partial charge in [0.1, 0.15) is 5.75 Å². The number of rotatable bonds is 6. The van der Waals surface area contributed by atoms with Crippen molar-refractivity contribution in [2.75, 3.05) is 21.2 Å². The smallest absolute Gasteiger partial charge is 0.331 e. The molecule has 3 aromatic rings. The Morgan fingerprint density at radius 3 is 2.31 bits per heavy atom. The number of likely N-dealkylation sites (N-methyl/N-ethyl adjacent to an activating group) is 1. The number of nitrogens with zero attached hydrogens (tertiary/aromatic N) is 1. The van der Waals surface area contributed by atoms with Gasteiger partial charge in [0.2, 0.25) is 6.10 Å². The Bertz CT molecular complexity index is 1040. The first kappa shape index (κ1) is 20.1. The highest BCUT2D eigenvalue weighted by Gasteiger charge is 2.25. The third kappa shape index (κ3) is 5.02. The van der Waals surface area contributed by atoms with Gasteiger partial charge >= 0.3 is 5.97 Å². The van der Waals surface area contributed by atoms with Crippen molar-refractivity contribution in [1.29, 1.82) is 0 Å². The summed E-state index contributed by atoms with van der Waals surface area (Å²) in [5.41, 5.74) is 1.49. The van der Waals surface area contributed by atoms with E-state index in [2.05, 4.69) is 0 Å². The van der Waals surface area contributed by atoms with Crippen LogP contribution >= 0.6 is 0 Å². The number of ether oxygens (including phenoxy) is 2. The molecule has 1 unspecified atom stereocenters. The molecule has 3 aromatic carbocycles. The molecule has 0 aliphatic carbocycles. The molecule has 0 N–H and O–H groups in total. The Kier molecular flexibility index (Phi) is 6.29. The van der Waals surface area contributed by atoms with Gasteiger partial charge in [-0.05, 0) is 40.6 Å². The molecule has 5 nitrogen and oxygen atoms in total. The van der Waals surface area contributed by atoms with Crippen LogP contribution in [0.2, 0.25) is 0 Å². The summed E-state index contributed by atoms with van der Waals surface area (Å²) in [6, 6.07) is 20.6. The molecule has 0 saturated carbocycles.